The van der Waals surface area contributed by atoms with Gasteiger partial charge in [0.2, 0.25) is 0 Å². The van der Waals surface area contributed by atoms with E-state index < -0.39 is 11.7 Å². The van der Waals surface area contributed by atoms with Crippen molar-refractivity contribution in [1.82, 2.24) is 4.90 Å². The van der Waals surface area contributed by atoms with E-state index in [0.29, 0.717) is 30.0 Å². The maximum atomic E-state index is 13.3. The molecule has 0 bridgehead atoms. The van der Waals surface area contributed by atoms with Crippen molar-refractivity contribution in [2.24, 2.45) is 0 Å². The van der Waals surface area contributed by atoms with E-state index in [1.165, 1.54) is 36.3 Å². The molecule has 6 heteroatoms. The summed E-state index contributed by atoms with van der Waals surface area (Å²) >= 11 is 0. The van der Waals surface area contributed by atoms with Gasteiger partial charge in [-0.1, -0.05) is 25.1 Å². The molecule has 0 saturated carbocycles. The van der Waals surface area contributed by atoms with E-state index in [4.69, 9.17) is 4.74 Å². The molecular formula is C21H21FN2O3. The number of nitrogens with zero attached hydrogens (tertiary/aromatic N) is 1. The van der Waals surface area contributed by atoms with Gasteiger partial charge in [-0.15, -0.1) is 0 Å². The minimum absolute atomic E-state index is 0.170. The number of halogens is 1. The molecule has 0 aromatic heterocycles. The van der Waals surface area contributed by atoms with E-state index in [0.717, 1.165) is 5.56 Å². The largest absolute Gasteiger partial charge is 0.495 e. The number of hydrogen-bond donors (Lipinski definition) is 1. The number of methoxy groups -OCH3 is 1. The lowest BCUT2D eigenvalue weighted by Crippen LogP contribution is -2.33. The second-order valence-electron chi connectivity index (χ2n) is 6.35. The molecule has 27 heavy (non-hydrogen) atoms. The first-order valence-corrected chi connectivity index (χ1v) is 8.74. The second-order valence-corrected chi connectivity index (χ2v) is 6.35. The second kappa shape index (κ2) is 7.61. The topological polar surface area (TPSA) is 58.6 Å². The molecule has 2 amide bonds. The highest BCUT2D eigenvalue weighted by Crippen LogP contribution is 2.33. The first kappa shape index (κ1) is 18.6. The Morgan fingerprint density at radius 3 is 2.41 bits per heavy atom. The van der Waals surface area contributed by atoms with Gasteiger partial charge in [0.05, 0.1) is 18.4 Å². The maximum Gasteiger partial charge on any atom is 0.278 e. The first-order valence-electron chi connectivity index (χ1n) is 8.74. The molecule has 2 aromatic rings. The molecule has 0 unspecified atom stereocenters. The lowest BCUT2D eigenvalue weighted by atomic mass is 10.0. The molecule has 1 heterocycles. The number of nitrogens with one attached hydrogen (secondary N) is 1. The molecular weight excluding hydrogens is 347 g/mol. The van der Waals surface area contributed by atoms with E-state index in [-0.39, 0.29) is 17.2 Å². The van der Waals surface area contributed by atoms with Crippen molar-refractivity contribution < 1.29 is 18.7 Å². The summed E-state index contributed by atoms with van der Waals surface area (Å²) in [6.45, 7) is 4.14. The number of imide groups is 1. The van der Waals surface area contributed by atoms with Crippen LogP contribution in [0.2, 0.25) is 0 Å². The first-order chi connectivity index (χ1) is 13.0. The highest BCUT2D eigenvalue weighted by atomic mass is 19.1. The van der Waals surface area contributed by atoms with Gasteiger partial charge >= 0.3 is 0 Å². The SMILES string of the molecule is CCCN1C(=O)C(Nc2cc(C)ccc2OC)=C(c2ccc(F)cc2)C1=O. The molecule has 0 aliphatic carbocycles. The van der Waals surface area contributed by atoms with Crippen LogP contribution < -0.4 is 10.1 Å². The Hall–Kier alpha value is -3.15. The fourth-order valence-corrected chi connectivity index (χ4v) is 3.06. The molecule has 2 aromatic carbocycles. The third-order valence-corrected chi connectivity index (χ3v) is 4.36. The van der Waals surface area contributed by atoms with Crippen LogP contribution >= 0.6 is 0 Å². The normalized spacial score (nSPS) is 14.1. The lowest BCUT2D eigenvalue weighted by molar-refractivity contribution is -0.136. The number of anilines is 1. The Kier molecular flexibility index (Phi) is 5.26. The molecule has 0 spiro atoms. The molecule has 0 radical (unpaired) electrons. The van der Waals surface area contributed by atoms with E-state index in [2.05, 4.69) is 5.32 Å². The Bertz CT molecular complexity index is 920. The van der Waals surface area contributed by atoms with Gasteiger partial charge in [0.25, 0.3) is 11.8 Å². The minimum atomic E-state index is -0.406. The third-order valence-electron chi connectivity index (χ3n) is 4.36. The Labute approximate surface area is 157 Å². The zero-order valence-corrected chi connectivity index (χ0v) is 15.5. The molecule has 140 valence electrons. The number of benzene rings is 2. The van der Waals surface area contributed by atoms with Gasteiger partial charge in [-0.2, -0.15) is 0 Å². The Morgan fingerprint density at radius 1 is 1.07 bits per heavy atom. The summed E-state index contributed by atoms with van der Waals surface area (Å²) in [4.78, 5) is 27.0. The number of aryl methyl sites for hydroxylation is 1. The zero-order chi connectivity index (χ0) is 19.6. The Balaban J connectivity index is 2.11. The average Bonchev–Trinajstić information content (AvgIpc) is 2.88. The van der Waals surface area contributed by atoms with Gasteiger partial charge in [0.1, 0.15) is 17.3 Å². The van der Waals surface area contributed by atoms with Crippen LogP contribution in [0.15, 0.2) is 48.2 Å². The molecule has 0 atom stereocenters. The van der Waals surface area contributed by atoms with Crippen molar-refractivity contribution in [3.63, 3.8) is 0 Å². The zero-order valence-electron chi connectivity index (χ0n) is 15.5. The van der Waals surface area contributed by atoms with Gasteiger partial charge < -0.3 is 10.1 Å². The summed E-state index contributed by atoms with van der Waals surface area (Å²) in [5.74, 6) is -0.635. The third kappa shape index (κ3) is 3.56. The summed E-state index contributed by atoms with van der Waals surface area (Å²) in [5, 5.41) is 3.08. The Morgan fingerprint density at radius 2 is 1.78 bits per heavy atom. The molecule has 1 N–H and O–H groups in total. The molecule has 1 aliphatic rings. The van der Waals surface area contributed by atoms with Crippen molar-refractivity contribution in [2.45, 2.75) is 20.3 Å². The summed E-state index contributed by atoms with van der Waals surface area (Å²) in [6, 6.07) is 11.1. The number of rotatable bonds is 6. The van der Waals surface area contributed by atoms with Crippen LogP contribution in [0, 0.1) is 12.7 Å². The molecule has 1 aliphatic heterocycles. The van der Waals surface area contributed by atoms with Gasteiger partial charge in [-0.05, 0) is 48.7 Å². The van der Waals surface area contributed by atoms with Crippen LogP contribution in [-0.4, -0.2) is 30.4 Å². The van der Waals surface area contributed by atoms with Crippen LogP contribution in [0.4, 0.5) is 10.1 Å². The van der Waals surface area contributed by atoms with E-state index in [1.807, 2.05) is 26.0 Å². The van der Waals surface area contributed by atoms with Crippen LogP contribution in [0.1, 0.15) is 24.5 Å². The predicted octanol–water partition coefficient (Wildman–Crippen LogP) is 3.74. The lowest BCUT2D eigenvalue weighted by Gasteiger charge is -2.15. The van der Waals surface area contributed by atoms with Gasteiger partial charge in [0.15, 0.2) is 0 Å². The molecule has 0 fully saturated rings. The van der Waals surface area contributed by atoms with Gasteiger partial charge in [-0.25, -0.2) is 4.39 Å². The quantitative estimate of drug-likeness (QED) is 0.789. The van der Waals surface area contributed by atoms with Crippen LogP contribution in [0.25, 0.3) is 5.57 Å². The number of hydrogen-bond acceptors (Lipinski definition) is 4. The van der Waals surface area contributed by atoms with Gasteiger partial charge in [0, 0.05) is 6.54 Å². The number of amides is 2. The average molecular weight is 368 g/mol. The van der Waals surface area contributed by atoms with Crippen molar-refractivity contribution >= 4 is 23.1 Å². The predicted molar refractivity (Wildman–Crippen MR) is 102 cm³/mol. The van der Waals surface area contributed by atoms with Crippen molar-refractivity contribution in [3.05, 3.63) is 65.1 Å². The molecule has 5 nitrogen and oxygen atoms in total. The smallest absolute Gasteiger partial charge is 0.278 e. The summed E-state index contributed by atoms with van der Waals surface area (Å²) in [7, 11) is 1.54. The minimum Gasteiger partial charge on any atom is -0.495 e. The van der Waals surface area contributed by atoms with Crippen molar-refractivity contribution in [1.29, 1.82) is 0 Å². The maximum absolute atomic E-state index is 13.3. The molecule has 0 saturated heterocycles. The monoisotopic (exact) mass is 368 g/mol. The number of carbonyl (C=O) groups excluding carboxylic acids is 2. The van der Waals surface area contributed by atoms with Crippen LogP contribution in [0.3, 0.4) is 0 Å². The number of carbonyl (C=O) groups is 2. The van der Waals surface area contributed by atoms with Crippen LogP contribution in [-0.2, 0) is 9.59 Å². The van der Waals surface area contributed by atoms with E-state index in [1.54, 1.807) is 6.07 Å². The van der Waals surface area contributed by atoms with Crippen LogP contribution in [0.5, 0.6) is 5.75 Å². The fourth-order valence-electron chi connectivity index (χ4n) is 3.06. The van der Waals surface area contributed by atoms with E-state index >= 15 is 0 Å². The highest BCUT2D eigenvalue weighted by molar-refractivity contribution is 6.36. The summed E-state index contributed by atoms with van der Waals surface area (Å²) in [6.07, 6.45) is 0.648. The van der Waals surface area contributed by atoms with Crippen molar-refractivity contribution in [3.8, 4) is 5.75 Å². The molecule has 3 rings (SSSR count). The fraction of sp³-hybridized carbons (Fsp3) is 0.238. The van der Waals surface area contributed by atoms with Gasteiger partial charge in [-0.3, -0.25) is 14.5 Å². The summed E-state index contributed by atoms with van der Waals surface area (Å²) < 4.78 is 18.7. The van der Waals surface area contributed by atoms with Crippen molar-refractivity contribution in [2.75, 3.05) is 19.0 Å². The van der Waals surface area contributed by atoms with E-state index in [9.17, 15) is 14.0 Å². The summed E-state index contributed by atoms with van der Waals surface area (Å²) in [5.41, 5.74) is 2.46. The standard InChI is InChI=1S/C21H21FN2O3/c1-4-11-24-20(25)18(14-6-8-15(22)9-7-14)19(21(24)26)23-16-12-13(2)5-10-17(16)27-3/h5-10,12,23H,4,11H2,1-3H3. The highest BCUT2D eigenvalue weighted by Gasteiger charge is 2.38. The number of ether oxygens (including phenoxy) is 1.